The van der Waals surface area contributed by atoms with Crippen LogP contribution in [0.5, 0.6) is 5.75 Å². The van der Waals surface area contributed by atoms with E-state index in [1.807, 2.05) is 0 Å². The number of carboxylic acid groups (broad SMARTS) is 1. The van der Waals surface area contributed by atoms with Gasteiger partial charge in [0.2, 0.25) is 0 Å². The number of carbonyl (C=O) groups is 1. The van der Waals surface area contributed by atoms with Crippen LogP contribution in [0.2, 0.25) is 0 Å². The zero-order valence-corrected chi connectivity index (χ0v) is 8.94. The Morgan fingerprint density at radius 2 is 2.25 bits per heavy atom. The highest BCUT2D eigenvalue weighted by Crippen LogP contribution is 2.15. The third-order valence-electron chi connectivity index (χ3n) is 2.15. The number of likely N-dealkylation sites (N-methyl/N-ethyl adjacent to an activating group) is 1. The first-order chi connectivity index (χ1) is 7.65. The van der Waals surface area contributed by atoms with Gasteiger partial charge in [0.15, 0.2) is 11.6 Å². The van der Waals surface area contributed by atoms with E-state index in [4.69, 9.17) is 9.84 Å². The first-order valence-electron chi connectivity index (χ1n) is 4.92. The minimum atomic E-state index is -0.945. The second-order valence-electron chi connectivity index (χ2n) is 3.25. The third kappa shape index (κ3) is 3.51. The van der Waals surface area contributed by atoms with Gasteiger partial charge in [-0.05, 0) is 19.2 Å². The monoisotopic (exact) mass is 227 g/mol. The molecule has 16 heavy (non-hydrogen) atoms. The molecule has 1 aromatic rings. The molecular weight excluding hydrogens is 213 g/mol. The van der Waals surface area contributed by atoms with Gasteiger partial charge in [-0.25, -0.2) is 4.39 Å². The number of halogens is 1. The molecule has 5 heteroatoms. The van der Waals surface area contributed by atoms with Gasteiger partial charge in [-0.2, -0.15) is 0 Å². The maximum atomic E-state index is 13.1. The van der Waals surface area contributed by atoms with Gasteiger partial charge in [0, 0.05) is 6.42 Å². The minimum Gasteiger partial charge on any atom is -0.490 e. The van der Waals surface area contributed by atoms with Gasteiger partial charge in [-0.1, -0.05) is 12.1 Å². The molecule has 0 radical (unpaired) electrons. The summed E-state index contributed by atoms with van der Waals surface area (Å²) in [6.07, 6.45) is 0.278. The maximum absolute atomic E-state index is 13.1. The van der Waals surface area contributed by atoms with Gasteiger partial charge in [0.05, 0.1) is 6.61 Å². The minimum absolute atomic E-state index is 0.141. The summed E-state index contributed by atoms with van der Waals surface area (Å²) in [5, 5.41) is 11.4. The highest BCUT2D eigenvalue weighted by Gasteiger charge is 2.14. The van der Waals surface area contributed by atoms with Crippen LogP contribution in [0.4, 0.5) is 4.39 Å². The molecule has 0 fully saturated rings. The molecule has 0 saturated carbocycles. The average Bonchev–Trinajstić information content (AvgIpc) is 2.26. The highest BCUT2D eigenvalue weighted by molar-refractivity contribution is 5.73. The van der Waals surface area contributed by atoms with Crippen LogP contribution < -0.4 is 10.1 Å². The Bertz CT molecular complexity index is 357. The van der Waals surface area contributed by atoms with Crippen LogP contribution in [0, 0.1) is 5.82 Å². The summed E-state index contributed by atoms with van der Waals surface area (Å²) in [7, 11) is 1.56. The van der Waals surface area contributed by atoms with Crippen molar-refractivity contribution < 1.29 is 19.0 Å². The quantitative estimate of drug-likeness (QED) is 0.768. The summed E-state index contributed by atoms with van der Waals surface area (Å²) in [5.74, 6) is -1.25. The molecule has 0 aliphatic rings. The van der Waals surface area contributed by atoms with Crippen LogP contribution >= 0.6 is 0 Å². The van der Waals surface area contributed by atoms with E-state index in [-0.39, 0.29) is 18.8 Å². The predicted molar refractivity (Wildman–Crippen MR) is 57.0 cm³/mol. The molecule has 1 rings (SSSR count). The number of hydrogen-bond acceptors (Lipinski definition) is 3. The van der Waals surface area contributed by atoms with Crippen molar-refractivity contribution in [3.05, 3.63) is 30.1 Å². The molecule has 0 spiro atoms. The van der Waals surface area contributed by atoms with E-state index in [2.05, 4.69) is 5.32 Å². The molecule has 0 aromatic heterocycles. The maximum Gasteiger partial charge on any atom is 0.320 e. The lowest BCUT2D eigenvalue weighted by molar-refractivity contribution is -0.139. The fraction of sp³-hybridized carbons (Fsp3) is 0.364. The van der Waals surface area contributed by atoms with Gasteiger partial charge >= 0.3 is 5.97 Å². The first-order valence-corrected chi connectivity index (χ1v) is 4.92. The molecule has 0 bridgehead atoms. The van der Waals surface area contributed by atoms with E-state index in [1.54, 1.807) is 19.2 Å². The fourth-order valence-corrected chi connectivity index (χ4v) is 1.24. The molecule has 1 atom stereocenters. The van der Waals surface area contributed by atoms with Gasteiger partial charge in [-0.15, -0.1) is 0 Å². The molecule has 88 valence electrons. The lowest BCUT2D eigenvalue weighted by Crippen LogP contribution is -2.35. The van der Waals surface area contributed by atoms with Crippen LogP contribution in [0.25, 0.3) is 0 Å². The number of aliphatic carboxylic acids is 1. The standard InChI is InChI=1S/C11H14FNO3/c1-13-9(11(14)15)6-7-16-10-5-3-2-4-8(10)12/h2-5,9,13H,6-7H2,1H3,(H,14,15). The van der Waals surface area contributed by atoms with E-state index < -0.39 is 17.8 Å². The summed E-state index contributed by atoms with van der Waals surface area (Å²) in [5.41, 5.74) is 0. The second-order valence-corrected chi connectivity index (χ2v) is 3.25. The molecule has 0 aliphatic carbocycles. The SMILES string of the molecule is CNC(CCOc1ccccc1F)C(=O)O. The summed E-state index contributed by atoms with van der Waals surface area (Å²) >= 11 is 0. The molecule has 0 amide bonds. The van der Waals surface area contributed by atoms with Crippen molar-refractivity contribution >= 4 is 5.97 Å². The summed E-state index contributed by atoms with van der Waals surface area (Å²) in [6, 6.07) is 5.35. The van der Waals surface area contributed by atoms with Crippen LogP contribution in [0.3, 0.4) is 0 Å². The van der Waals surface area contributed by atoms with E-state index in [1.165, 1.54) is 12.1 Å². The molecule has 1 unspecified atom stereocenters. The zero-order chi connectivity index (χ0) is 12.0. The molecular formula is C11H14FNO3. The van der Waals surface area contributed by atoms with Gasteiger partial charge in [0.1, 0.15) is 6.04 Å². The lowest BCUT2D eigenvalue weighted by atomic mass is 10.2. The van der Waals surface area contributed by atoms with Gasteiger partial charge in [-0.3, -0.25) is 4.79 Å². The van der Waals surface area contributed by atoms with Gasteiger partial charge < -0.3 is 15.2 Å². The molecule has 2 N–H and O–H groups in total. The summed E-state index contributed by atoms with van der Waals surface area (Å²) in [6.45, 7) is 0.152. The lowest BCUT2D eigenvalue weighted by Gasteiger charge is -2.12. The number of rotatable bonds is 6. The number of benzene rings is 1. The molecule has 0 heterocycles. The smallest absolute Gasteiger partial charge is 0.320 e. The predicted octanol–water partition coefficient (Wildman–Crippen LogP) is 1.27. The topological polar surface area (TPSA) is 58.6 Å². The molecule has 0 saturated heterocycles. The largest absolute Gasteiger partial charge is 0.490 e. The number of hydrogen-bond donors (Lipinski definition) is 2. The number of carboxylic acids is 1. The molecule has 0 aliphatic heterocycles. The van der Waals surface area contributed by atoms with E-state index in [0.29, 0.717) is 0 Å². The Balaban J connectivity index is 2.41. The Hall–Kier alpha value is -1.62. The van der Waals surface area contributed by atoms with Crippen molar-refractivity contribution in [1.29, 1.82) is 0 Å². The second kappa shape index (κ2) is 6.07. The summed E-state index contributed by atoms with van der Waals surface area (Å²) in [4.78, 5) is 10.6. The van der Waals surface area contributed by atoms with Crippen molar-refractivity contribution in [2.45, 2.75) is 12.5 Å². The van der Waals surface area contributed by atoms with Crippen molar-refractivity contribution in [2.24, 2.45) is 0 Å². The first kappa shape index (κ1) is 12.4. The van der Waals surface area contributed by atoms with Crippen molar-refractivity contribution in [3.8, 4) is 5.75 Å². The van der Waals surface area contributed by atoms with Crippen LogP contribution in [0.15, 0.2) is 24.3 Å². The van der Waals surface area contributed by atoms with Crippen molar-refractivity contribution in [3.63, 3.8) is 0 Å². The highest BCUT2D eigenvalue weighted by atomic mass is 19.1. The van der Waals surface area contributed by atoms with Crippen LogP contribution in [-0.2, 0) is 4.79 Å². The van der Waals surface area contributed by atoms with Crippen molar-refractivity contribution in [2.75, 3.05) is 13.7 Å². The van der Waals surface area contributed by atoms with Gasteiger partial charge in [0.25, 0.3) is 0 Å². The Morgan fingerprint density at radius 1 is 1.56 bits per heavy atom. The average molecular weight is 227 g/mol. The Kier molecular flexibility index (Phi) is 4.72. The third-order valence-corrected chi connectivity index (χ3v) is 2.15. The Labute approximate surface area is 93.0 Å². The number of para-hydroxylation sites is 1. The van der Waals surface area contributed by atoms with Crippen LogP contribution in [-0.4, -0.2) is 30.8 Å². The van der Waals surface area contributed by atoms with Crippen molar-refractivity contribution in [1.82, 2.24) is 5.32 Å². The molecule has 1 aromatic carbocycles. The fourth-order valence-electron chi connectivity index (χ4n) is 1.24. The summed E-state index contributed by atoms with van der Waals surface area (Å²) < 4.78 is 18.2. The zero-order valence-electron chi connectivity index (χ0n) is 8.94. The van der Waals surface area contributed by atoms with E-state index in [9.17, 15) is 9.18 Å². The van der Waals surface area contributed by atoms with Crippen LogP contribution in [0.1, 0.15) is 6.42 Å². The number of nitrogens with one attached hydrogen (secondary N) is 1. The Morgan fingerprint density at radius 3 is 2.81 bits per heavy atom. The molecule has 4 nitrogen and oxygen atoms in total. The normalized spacial score (nSPS) is 12.1. The number of ether oxygens (including phenoxy) is 1. The van der Waals surface area contributed by atoms with E-state index >= 15 is 0 Å². The van der Waals surface area contributed by atoms with E-state index in [0.717, 1.165) is 0 Å².